The van der Waals surface area contributed by atoms with Gasteiger partial charge in [-0.1, -0.05) is 39.5 Å². The van der Waals surface area contributed by atoms with Crippen molar-refractivity contribution in [2.75, 3.05) is 0 Å². The maximum Gasteiger partial charge on any atom is 0.320 e. The van der Waals surface area contributed by atoms with Gasteiger partial charge in [-0.05, 0) is 24.5 Å². The lowest BCUT2D eigenvalue weighted by Crippen LogP contribution is -2.32. The van der Waals surface area contributed by atoms with Crippen LogP contribution in [0.25, 0.3) is 12.2 Å². The van der Waals surface area contributed by atoms with Crippen LogP contribution in [0.4, 0.5) is 0 Å². The van der Waals surface area contributed by atoms with Gasteiger partial charge < -0.3 is 15.4 Å². The summed E-state index contributed by atoms with van der Waals surface area (Å²) in [5.74, 6) is -0.156. The van der Waals surface area contributed by atoms with Crippen molar-refractivity contribution in [3.05, 3.63) is 35.7 Å². The molecule has 0 aliphatic heterocycles. The van der Waals surface area contributed by atoms with E-state index in [-0.39, 0.29) is 0 Å². The van der Waals surface area contributed by atoms with E-state index in [1.807, 2.05) is 36.9 Å². The Balaban J connectivity index is 0.000000885. The third kappa shape index (κ3) is 6.45. The Labute approximate surface area is 128 Å². The van der Waals surface area contributed by atoms with Crippen LogP contribution < -0.4 is 5.73 Å². The number of rotatable bonds is 5. The summed E-state index contributed by atoms with van der Waals surface area (Å²) in [7, 11) is 1.91. The van der Waals surface area contributed by atoms with E-state index in [0.29, 0.717) is 6.42 Å². The second kappa shape index (κ2) is 9.19. The van der Waals surface area contributed by atoms with E-state index in [1.165, 1.54) is 0 Å². The number of carboxylic acids is 1. The standard InChI is InChI=1S/C13H18N2O2.C4H10/c1-4-6-12-10(5-2)9(8-15(12)3)7-11(14)13(16)17;1-4(2)3/h4-6,8,11H,2,7,14H2,1,3H3,(H,16,17);4H,1-3H3/b6-4-;. The molecule has 1 rings (SSSR count). The first-order valence-electron chi connectivity index (χ1n) is 7.16. The molecule has 1 unspecified atom stereocenters. The minimum Gasteiger partial charge on any atom is -0.480 e. The summed E-state index contributed by atoms with van der Waals surface area (Å²) < 4.78 is 1.95. The van der Waals surface area contributed by atoms with Crippen LogP contribution in [0, 0.1) is 5.92 Å². The Morgan fingerprint density at radius 2 is 2.00 bits per heavy atom. The number of aromatic nitrogens is 1. The van der Waals surface area contributed by atoms with Crippen molar-refractivity contribution >= 4 is 18.1 Å². The maximum absolute atomic E-state index is 10.7. The molecule has 0 saturated carbocycles. The number of carbonyl (C=O) groups is 1. The van der Waals surface area contributed by atoms with E-state index in [4.69, 9.17) is 10.8 Å². The number of nitrogens with two attached hydrogens (primary N) is 1. The summed E-state index contributed by atoms with van der Waals surface area (Å²) in [6, 6.07) is -0.880. The highest BCUT2D eigenvalue weighted by atomic mass is 16.4. The van der Waals surface area contributed by atoms with Crippen molar-refractivity contribution in [3.8, 4) is 0 Å². The van der Waals surface area contributed by atoms with Crippen molar-refractivity contribution in [2.24, 2.45) is 18.7 Å². The Morgan fingerprint density at radius 3 is 2.38 bits per heavy atom. The molecule has 0 aliphatic carbocycles. The highest BCUT2D eigenvalue weighted by Gasteiger charge is 2.17. The fourth-order valence-corrected chi connectivity index (χ4v) is 1.82. The molecule has 21 heavy (non-hydrogen) atoms. The molecule has 1 aromatic heterocycles. The molecule has 0 radical (unpaired) electrons. The first-order valence-corrected chi connectivity index (χ1v) is 7.16. The van der Waals surface area contributed by atoms with Gasteiger partial charge in [-0.15, -0.1) is 0 Å². The summed E-state index contributed by atoms with van der Waals surface area (Å²) in [4.78, 5) is 10.7. The predicted molar refractivity (Wildman–Crippen MR) is 90.0 cm³/mol. The minimum absolute atomic E-state index is 0.308. The highest BCUT2D eigenvalue weighted by Crippen LogP contribution is 2.21. The van der Waals surface area contributed by atoms with Gasteiger partial charge in [-0.2, -0.15) is 0 Å². The van der Waals surface area contributed by atoms with Gasteiger partial charge in [0.2, 0.25) is 0 Å². The average molecular weight is 292 g/mol. The Bertz CT molecular complexity index is 496. The monoisotopic (exact) mass is 292 g/mol. The lowest BCUT2D eigenvalue weighted by Gasteiger charge is -2.05. The van der Waals surface area contributed by atoms with Gasteiger partial charge in [0.15, 0.2) is 0 Å². The minimum atomic E-state index is -0.989. The average Bonchev–Trinajstić information content (AvgIpc) is 2.65. The fourth-order valence-electron chi connectivity index (χ4n) is 1.82. The molecule has 0 spiro atoms. The topological polar surface area (TPSA) is 68.2 Å². The summed E-state index contributed by atoms with van der Waals surface area (Å²) in [6.07, 6.45) is 7.84. The van der Waals surface area contributed by atoms with Crippen LogP contribution in [-0.4, -0.2) is 21.7 Å². The van der Waals surface area contributed by atoms with Gasteiger partial charge in [-0.3, -0.25) is 4.79 Å². The van der Waals surface area contributed by atoms with E-state index >= 15 is 0 Å². The quantitative estimate of drug-likeness (QED) is 0.874. The number of nitrogens with zero attached hydrogens (tertiary/aromatic N) is 1. The molecule has 0 aliphatic rings. The molecule has 1 heterocycles. The number of aliphatic carboxylic acids is 1. The predicted octanol–water partition coefficient (Wildman–Crippen LogP) is 3.32. The molecule has 0 aromatic carbocycles. The van der Waals surface area contributed by atoms with E-state index in [1.54, 1.807) is 6.08 Å². The molecule has 118 valence electrons. The number of carboxylic acid groups (broad SMARTS) is 1. The molecule has 4 heteroatoms. The third-order valence-electron chi connectivity index (χ3n) is 2.64. The van der Waals surface area contributed by atoms with Gasteiger partial charge in [0.25, 0.3) is 0 Å². The van der Waals surface area contributed by atoms with E-state index in [2.05, 4.69) is 27.4 Å². The molecular weight excluding hydrogens is 264 g/mol. The van der Waals surface area contributed by atoms with Gasteiger partial charge in [-0.25, -0.2) is 0 Å². The van der Waals surface area contributed by atoms with Gasteiger partial charge in [0, 0.05) is 30.9 Å². The van der Waals surface area contributed by atoms with Crippen LogP contribution in [0.5, 0.6) is 0 Å². The first-order chi connectivity index (χ1) is 9.74. The van der Waals surface area contributed by atoms with Crippen molar-refractivity contribution in [1.29, 1.82) is 0 Å². The smallest absolute Gasteiger partial charge is 0.320 e. The van der Waals surface area contributed by atoms with Crippen LogP contribution in [0.1, 0.15) is 44.5 Å². The number of aryl methyl sites for hydroxylation is 1. The lowest BCUT2D eigenvalue weighted by atomic mass is 10.0. The maximum atomic E-state index is 10.7. The molecule has 1 atom stereocenters. The zero-order valence-electron chi connectivity index (χ0n) is 13.8. The molecule has 3 N–H and O–H groups in total. The van der Waals surface area contributed by atoms with Crippen LogP contribution in [0.3, 0.4) is 0 Å². The summed E-state index contributed by atoms with van der Waals surface area (Å²) in [5.41, 5.74) is 8.41. The normalized spacial score (nSPS) is 12.1. The summed E-state index contributed by atoms with van der Waals surface area (Å²) >= 11 is 0. The number of hydrogen-bond acceptors (Lipinski definition) is 2. The second-order valence-electron chi connectivity index (χ2n) is 5.65. The molecule has 1 aromatic rings. The molecule has 0 amide bonds. The molecule has 0 bridgehead atoms. The SMILES string of the molecule is C=Cc1c(CC(N)C(=O)O)cn(C)c1/C=C\C.CC(C)C. The Morgan fingerprint density at radius 1 is 1.48 bits per heavy atom. The summed E-state index contributed by atoms with van der Waals surface area (Å²) in [6.45, 7) is 12.2. The third-order valence-corrected chi connectivity index (χ3v) is 2.64. The first kappa shape index (κ1) is 19.2. The second-order valence-corrected chi connectivity index (χ2v) is 5.65. The Hall–Kier alpha value is -1.81. The Kier molecular flexibility index (Phi) is 8.39. The van der Waals surface area contributed by atoms with Gasteiger partial charge in [0.05, 0.1) is 0 Å². The largest absolute Gasteiger partial charge is 0.480 e. The molecule has 0 fully saturated rings. The van der Waals surface area contributed by atoms with Gasteiger partial charge in [0.1, 0.15) is 6.04 Å². The van der Waals surface area contributed by atoms with Crippen LogP contribution in [-0.2, 0) is 18.3 Å². The van der Waals surface area contributed by atoms with Gasteiger partial charge >= 0.3 is 5.97 Å². The summed E-state index contributed by atoms with van der Waals surface area (Å²) in [5, 5.41) is 8.81. The zero-order chi connectivity index (χ0) is 16.6. The number of hydrogen-bond donors (Lipinski definition) is 2. The fraction of sp³-hybridized carbons (Fsp3) is 0.471. The van der Waals surface area contributed by atoms with Crippen LogP contribution in [0.2, 0.25) is 0 Å². The highest BCUT2D eigenvalue weighted by molar-refractivity contribution is 5.74. The number of allylic oxidation sites excluding steroid dienone is 1. The van der Waals surface area contributed by atoms with Crippen molar-refractivity contribution in [1.82, 2.24) is 4.57 Å². The lowest BCUT2D eigenvalue weighted by molar-refractivity contribution is -0.138. The molecule has 0 saturated heterocycles. The zero-order valence-corrected chi connectivity index (χ0v) is 13.8. The molecule has 4 nitrogen and oxygen atoms in total. The molecular formula is C17H28N2O2. The van der Waals surface area contributed by atoms with Crippen molar-refractivity contribution < 1.29 is 9.90 Å². The van der Waals surface area contributed by atoms with Crippen LogP contribution in [0.15, 0.2) is 18.9 Å². The van der Waals surface area contributed by atoms with E-state index in [9.17, 15) is 4.79 Å². The van der Waals surface area contributed by atoms with E-state index < -0.39 is 12.0 Å². The van der Waals surface area contributed by atoms with Crippen molar-refractivity contribution in [2.45, 2.75) is 40.2 Å². The van der Waals surface area contributed by atoms with E-state index in [0.717, 1.165) is 22.7 Å². The van der Waals surface area contributed by atoms with Crippen LogP contribution >= 0.6 is 0 Å². The van der Waals surface area contributed by atoms with Crippen molar-refractivity contribution in [3.63, 3.8) is 0 Å².